The van der Waals surface area contributed by atoms with Crippen molar-refractivity contribution >= 4 is 0 Å². The molecule has 1 saturated heterocycles. The zero-order valence-corrected chi connectivity index (χ0v) is 10.5. The quantitative estimate of drug-likeness (QED) is 0.780. The summed E-state index contributed by atoms with van der Waals surface area (Å²) in [5.74, 6) is 5.67. The highest BCUT2D eigenvalue weighted by molar-refractivity contribution is 5.41. The van der Waals surface area contributed by atoms with Crippen LogP contribution in [0.25, 0.3) is 0 Å². The Balaban J connectivity index is 2.13. The minimum absolute atomic E-state index is 0.114. The molecular formula is C15H19NO2. The number of rotatable bonds is 3. The number of aliphatic hydroxyl groups excluding tert-OH is 2. The molecule has 0 saturated carbocycles. The molecule has 3 nitrogen and oxygen atoms in total. The molecule has 18 heavy (non-hydrogen) atoms. The van der Waals surface area contributed by atoms with Gasteiger partial charge in [-0.05, 0) is 31.0 Å². The largest absolute Gasteiger partial charge is 0.395 e. The summed E-state index contributed by atoms with van der Waals surface area (Å²) in [6.45, 7) is 1.97. The van der Waals surface area contributed by atoms with Crippen molar-refractivity contribution in [3.8, 4) is 11.8 Å². The fourth-order valence-electron chi connectivity index (χ4n) is 2.44. The van der Waals surface area contributed by atoms with Crippen LogP contribution in [0.3, 0.4) is 0 Å². The molecule has 0 aliphatic carbocycles. The Morgan fingerprint density at radius 1 is 1.28 bits per heavy atom. The van der Waals surface area contributed by atoms with Crippen molar-refractivity contribution in [2.75, 3.05) is 19.8 Å². The molecule has 0 bridgehead atoms. The number of benzene rings is 1. The average molecular weight is 245 g/mol. The molecule has 0 spiro atoms. The lowest BCUT2D eigenvalue weighted by atomic mass is 10.1. The topological polar surface area (TPSA) is 43.7 Å². The van der Waals surface area contributed by atoms with Gasteiger partial charge in [0.2, 0.25) is 0 Å². The predicted octanol–water partition coefficient (Wildman–Crippen LogP) is 0.987. The van der Waals surface area contributed by atoms with E-state index in [9.17, 15) is 5.11 Å². The van der Waals surface area contributed by atoms with Crippen LogP contribution in [-0.2, 0) is 6.54 Å². The maximum atomic E-state index is 9.32. The summed E-state index contributed by atoms with van der Waals surface area (Å²) in [5.41, 5.74) is 2.13. The molecule has 1 aliphatic heterocycles. The Kier molecular flexibility index (Phi) is 4.77. The van der Waals surface area contributed by atoms with E-state index < -0.39 is 0 Å². The monoisotopic (exact) mass is 245 g/mol. The standard InChI is InChI=1S/C15H19NO2/c17-10-4-7-13-5-1-2-6-14(13)11-16-9-3-8-15(16)12-18/h1-2,5-6,15,17-18H,3,8-12H2. The van der Waals surface area contributed by atoms with E-state index >= 15 is 0 Å². The van der Waals surface area contributed by atoms with Crippen molar-refractivity contribution in [1.82, 2.24) is 4.90 Å². The molecule has 2 rings (SSSR count). The lowest BCUT2D eigenvalue weighted by Crippen LogP contribution is -2.31. The molecule has 1 aromatic carbocycles. The summed E-state index contributed by atoms with van der Waals surface area (Å²) in [7, 11) is 0. The lowest BCUT2D eigenvalue weighted by Gasteiger charge is -2.23. The molecule has 1 aliphatic rings. The van der Waals surface area contributed by atoms with Crippen LogP contribution >= 0.6 is 0 Å². The first kappa shape index (κ1) is 13.1. The molecule has 0 aromatic heterocycles. The van der Waals surface area contributed by atoms with Crippen LogP contribution in [0.1, 0.15) is 24.0 Å². The SMILES string of the molecule is OCC#Cc1ccccc1CN1CCCC1CO. The van der Waals surface area contributed by atoms with E-state index in [4.69, 9.17) is 5.11 Å². The van der Waals surface area contributed by atoms with E-state index in [2.05, 4.69) is 22.8 Å². The Hall–Kier alpha value is -1.34. The third kappa shape index (κ3) is 3.11. The molecule has 3 heteroatoms. The van der Waals surface area contributed by atoms with Crippen LogP contribution in [0.5, 0.6) is 0 Å². The molecular weight excluding hydrogens is 226 g/mol. The van der Waals surface area contributed by atoms with Gasteiger partial charge < -0.3 is 10.2 Å². The Morgan fingerprint density at radius 2 is 2.11 bits per heavy atom. The molecule has 1 atom stereocenters. The fraction of sp³-hybridized carbons (Fsp3) is 0.467. The molecule has 96 valence electrons. The predicted molar refractivity (Wildman–Crippen MR) is 70.9 cm³/mol. The highest BCUT2D eigenvalue weighted by Crippen LogP contribution is 2.20. The maximum Gasteiger partial charge on any atom is 0.104 e. The second-order valence-electron chi connectivity index (χ2n) is 4.57. The van der Waals surface area contributed by atoms with Gasteiger partial charge in [0.1, 0.15) is 6.61 Å². The lowest BCUT2D eigenvalue weighted by molar-refractivity contribution is 0.153. The molecule has 1 aromatic rings. The average Bonchev–Trinajstić information content (AvgIpc) is 2.85. The van der Waals surface area contributed by atoms with Gasteiger partial charge in [0.05, 0.1) is 6.61 Å². The van der Waals surface area contributed by atoms with E-state index in [1.807, 2.05) is 18.2 Å². The van der Waals surface area contributed by atoms with Gasteiger partial charge in [0.25, 0.3) is 0 Å². The van der Waals surface area contributed by atoms with Crippen molar-refractivity contribution in [3.05, 3.63) is 35.4 Å². The Bertz CT molecular complexity index is 447. The van der Waals surface area contributed by atoms with Gasteiger partial charge in [-0.2, -0.15) is 0 Å². The smallest absolute Gasteiger partial charge is 0.104 e. The summed E-state index contributed by atoms with van der Waals surface area (Å²) in [5, 5.41) is 18.1. The van der Waals surface area contributed by atoms with Crippen LogP contribution in [0.2, 0.25) is 0 Å². The fourth-order valence-corrected chi connectivity index (χ4v) is 2.44. The maximum absolute atomic E-state index is 9.32. The highest BCUT2D eigenvalue weighted by atomic mass is 16.3. The van der Waals surface area contributed by atoms with E-state index in [0.29, 0.717) is 0 Å². The van der Waals surface area contributed by atoms with E-state index in [1.165, 1.54) is 5.56 Å². The molecule has 1 unspecified atom stereocenters. The first-order valence-electron chi connectivity index (χ1n) is 6.37. The first-order chi connectivity index (χ1) is 8.85. The molecule has 0 amide bonds. The second kappa shape index (κ2) is 6.55. The Labute approximate surface area is 108 Å². The molecule has 1 heterocycles. The highest BCUT2D eigenvalue weighted by Gasteiger charge is 2.23. The summed E-state index contributed by atoms with van der Waals surface area (Å²) < 4.78 is 0. The van der Waals surface area contributed by atoms with E-state index in [1.54, 1.807) is 0 Å². The van der Waals surface area contributed by atoms with Gasteiger partial charge in [-0.25, -0.2) is 0 Å². The minimum Gasteiger partial charge on any atom is -0.395 e. The van der Waals surface area contributed by atoms with Gasteiger partial charge in [-0.1, -0.05) is 30.0 Å². The van der Waals surface area contributed by atoms with Crippen molar-refractivity contribution < 1.29 is 10.2 Å². The first-order valence-corrected chi connectivity index (χ1v) is 6.37. The van der Waals surface area contributed by atoms with Gasteiger partial charge in [-0.15, -0.1) is 0 Å². The van der Waals surface area contributed by atoms with Crippen LogP contribution < -0.4 is 0 Å². The van der Waals surface area contributed by atoms with Gasteiger partial charge in [0, 0.05) is 18.2 Å². The van der Waals surface area contributed by atoms with Crippen LogP contribution in [-0.4, -0.2) is 40.9 Å². The van der Waals surface area contributed by atoms with Crippen LogP contribution in [0, 0.1) is 11.8 Å². The molecule has 2 N–H and O–H groups in total. The van der Waals surface area contributed by atoms with Crippen molar-refractivity contribution in [1.29, 1.82) is 0 Å². The van der Waals surface area contributed by atoms with Crippen molar-refractivity contribution in [2.24, 2.45) is 0 Å². The number of nitrogens with zero attached hydrogens (tertiary/aromatic N) is 1. The summed E-state index contributed by atoms with van der Waals surface area (Å²) >= 11 is 0. The Morgan fingerprint density at radius 3 is 2.89 bits per heavy atom. The third-order valence-electron chi connectivity index (χ3n) is 3.40. The number of aliphatic hydroxyl groups is 2. The van der Waals surface area contributed by atoms with Crippen LogP contribution in [0.15, 0.2) is 24.3 Å². The van der Waals surface area contributed by atoms with E-state index in [0.717, 1.165) is 31.5 Å². The number of likely N-dealkylation sites (tertiary alicyclic amines) is 1. The molecule has 0 radical (unpaired) electrons. The molecule has 1 fully saturated rings. The summed E-state index contributed by atoms with van der Waals surface area (Å²) in [6, 6.07) is 8.28. The number of hydrogen-bond acceptors (Lipinski definition) is 3. The summed E-state index contributed by atoms with van der Waals surface area (Å²) in [4.78, 5) is 2.31. The zero-order chi connectivity index (χ0) is 12.8. The van der Waals surface area contributed by atoms with E-state index in [-0.39, 0.29) is 19.3 Å². The van der Waals surface area contributed by atoms with Gasteiger partial charge in [-0.3, -0.25) is 4.90 Å². The van der Waals surface area contributed by atoms with Crippen molar-refractivity contribution in [3.63, 3.8) is 0 Å². The number of hydrogen-bond donors (Lipinski definition) is 2. The van der Waals surface area contributed by atoms with Crippen LogP contribution in [0.4, 0.5) is 0 Å². The van der Waals surface area contributed by atoms with Gasteiger partial charge in [0.15, 0.2) is 0 Å². The van der Waals surface area contributed by atoms with Gasteiger partial charge >= 0.3 is 0 Å². The second-order valence-corrected chi connectivity index (χ2v) is 4.57. The zero-order valence-electron chi connectivity index (χ0n) is 10.5. The normalized spacial score (nSPS) is 19.6. The minimum atomic E-state index is -0.114. The third-order valence-corrected chi connectivity index (χ3v) is 3.40. The summed E-state index contributed by atoms with van der Waals surface area (Å²) in [6.07, 6.45) is 2.22. The van der Waals surface area contributed by atoms with Crippen molar-refractivity contribution in [2.45, 2.75) is 25.4 Å².